The molecule has 5 rings (SSSR count). The first-order chi connectivity index (χ1) is 18.0. The van der Waals surface area contributed by atoms with Crippen LogP contribution in [0.4, 0.5) is 0 Å². The number of ether oxygens (including phenoxy) is 5. The predicted octanol–water partition coefficient (Wildman–Crippen LogP) is 1.24. The van der Waals surface area contributed by atoms with Crippen molar-refractivity contribution in [3.8, 4) is 0 Å². The molecular weight excluding hydrogens is 500 g/mol. The Morgan fingerprint density at radius 1 is 1.05 bits per heavy atom. The van der Waals surface area contributed by atoms with E-state index in [9.17, 15) is 29.4 Å². The van der Waals surface area contributed by atoms with Crippen molar-refractivity contribution in [1.82, 2.24) is 0 Å². The van der Waals surface area contributed by atoms with Crippen molar-refractivity contribution >= 4 is 23.9 Å². The highest BCUT2D eigenvalue weighted by molar-refractivity contribution is 5.87. The third-order valence-electron chi connectivity index (χ3n) is 9.19. The first-order valence-corrected chi connectivity index (χ1v) is 12.8. The molecule has 2 N–H and O–H groups in total. The number of hydrogen-bond acceptors (Lipinski definition) is 10. The van der Waals surface area contributed by atoms with Crippen LogP contribution in [0.15, 0.2) is 36.0 Å². The molecule has 1 saturated carbocycles. The van der Waals surface area contributed by atoms with Crippen LogP contribution in [0.25, 0.3) is 0 Å². The van der Waals surface area contributed by atoms with Crippen LogP contribution >= 0.6 is 0 Å². The van der Waals surface area contributed by atoms with Gasteiger partial charge in [0.25, 0.3) is 0 Å². The van der Waals surface area contributed by atoms with Crippen LogP contribution < -0.4 is 0 Å². The topological polar surface area (TPSA) is 158 Å². The van der Waals surface area contributed by atoms with Gasteiger partial charge in [-0.05, 0) is 31.3 Å². The number of aliphatic hydroxyl groups is 1. The third-order valence-corrected chi connectivity index (χ3v) is 9.19. The molecule has 3 fully saturated rings. The average molecular weight is 533 g/mol. The number of aliphatic hydroxyl groups excluding tert-OH is 1. The summed E-state index contributed by atoms with van der Waals surface area (Å²) in [6.45, 7) is 3.72. The summed E-state index contributed by atoms with van der Waals surface area (Å²) in [5.41, 5.74) is -2.45. The lowest BCUT2D eigenvalue weighted by Crippen LogP contribution is -2.67. The van der Waals surface area contributed by atoms with Gasteiger partial charge in [0.2, 0.25) is 0 Å². The summed E-state index contributed by atoms with van der Waals surface area (Å²) in [6.07, 6.45) is 4.33. The van der Waals surface area contributed by atoms with Gasteiger partial charge in [0.05, 0.1) is 30.8 Å². The molecule has 5 aliphatic rings. The second-order valence-electron chi connectivity index (χ2n) is 10.9. The number of epoxide rings is 1. The van der Waals surface area contributed by atoms with E-state index < -0.39 is 70.6 Å². The number of carboxylic acids is 1. The van der Waals surface area contributed by atoms with Crippen LogP contribution in [0, 0.1) is 16.7 Å². The Hall–Kier alpha value is -3.02. The Balaban J connectivity index is 1.54. The lowest BCUT2D eigenvalue weighted by molar-refractivity contribution is -0.234. The highest BCUT2D eigenvalue weighted by atomic mass is 16.6. The van der Waals surface area contributed by atoms with Gasteiger partial charge in [-0.15, -0.1) is 0 Å². The highest BCUT2D eigenvalue weighted by Gasteiger charge is 2.83. The van der Waals surface area contributed by atoms with E-state index in [2.05, 4.69) is 0 Å². The molecule has 2 spiro atoms. The van der Waals surface area contributed by atoms with E-state index in [0.29, 0.717) is 13.0 Å². The minimum absolute atomic E-state index is 0.0238. The Bertz CT molecular complexity index is 1120. The maximum absolute atomic E-state index is 13.0. The third kappa shape index (κ3) is 4.07. The fraction of sp³-hybridized carbons (Fsp3) is 0.630. The molecule has 38 heavy (non-hydrogen) atoms. The Morgan fingerprint density at radius 2 is 1.76 bits per heavy atom. The lowest BCUT2D eigenvalue weighted by Gasteiger charge is -2.58. The number of carbonyl (C=O) groups excluding carboxylic acids is 3. The Kier molecular flexibility index (Phi) is 6.73. The van der Waals surface area contributed by atoms with Crippen molar-refractivity contribution < 1.29 is 53.1 Å². The highest BCUT2D eigenvalue weighted by Crippen LogP contribution is 2.72. The van der Waals surface area contributed by atoms with E-state index in [-0.39, 0.29) is 38.0 Å². The van der Waals surface area contributed by atoms with E-state index in [0.717, 1.165) is 6.08 Å². The first-order valence-electron chi connectivity index (χ1n) is 12.8. The standard InChI is InChI=1S/C27H32O11/c1-15-8-10-34-20(28)5-3-4-6-21(29)38-17-12-19-27(14-36-27)25(17,2)26(13-35-24(33)22(15)30)9-7-16(23(31)32)11-18(26)37-19/h3-6,11,15,17-19,22,30H,7-10,12-14H2,1-2H3,(H,31,32)/t15-,17-,18-,19-,22+,25-,26-,27+/m1/s1. The molecule has 0 unspecified atom stereocenters. The maximum Gasteiger partial charge on any atom is 0.335 e. The van der Waals surface area contributed by atoms with Crippen LogP contribution in [0.2, 0.25) is 0 Å². The van der Waals surface area contributed by atoms with Crippen LogP contribution in [0.1, 0.15) is 39.5 Å². The summed E-state index contributed by atoms with van der Waals surface area (Å²) < 4.78 is 29.2. The minimum Gasteiger partial charge on any atom is -0.478 e. The molecule has 8 atom stereocenters. The average Bonchev–Trinajstić information content (AvgIpc) is 3.66. The number of aliphatic carboxylic acids is 1. The van der Waals surface area contributed by atoms with E-state index in [4.69, 9.17) is 23.7 Å². The molecule has 0 amide bonds. The van der Waals surface area contributed by atoms with Gasteiger partial charge in [0, 0.05) is 29.6 Å². The van der Waals surface area contributed by atoms with Crippen LogP contribution in [-0.2, 0) is 42.9 Å². The number of carboxylic acid groups (broad SMARTS) is 1. The number of rotatable bonds is 1. The fourth-order valence-electron chi connectivity index (χ4n) is 6.69. The summed E-state index contributed by atoms with van der Waals surface area (Å²) in [6, 6.07) is 0. The van der Waals surface area contributed by atoms with Gasteiger partial charge in [-0.25, -0.2) is 19.2 Å². The van der Waals surface area contributed by atoms with Gasteiger partial charge in [-0.1, -0.05) is 26.0 Å². The molecular formula is C27H32O11. The molecule has 0 aromatic carbocycles. The van der Waals surface area contributed by atoms with Gasteiger partial charge >= 0.3 is 23.9 Å². The number of hydrogen-bond donors (Lipinski definition) is 2. The van der Waals surface area contributed by atoms with Crippen molar-refractivity contribution in [1.29, 1.82) is 0 Å². The zero-order valence-electron chi connectivity index (χ0n) is 21.3. The van der Waals surface area contributed by atoms with Gasteiger partial charge < -0.3 is 33.9 Å². The maximum atomic E-state index is 13.0. The van der Waals surface area contributed by atoms with Crippen molar-refractivity contribution in [2.24, 2.45) is 16.7 Å². The molecule has 3 heterocycles. The molecule has 11 nitrogen and oxygen atoms in total. The zero-order chi connectivity index (χ0) is 27.3. The van der Waals surface area contributed by atoms with Crippen LogP contribution in [0.5, 0.6) is 0 Å². The molecule has 0 aromatic heterocycles. The second kappa shape index (κ2) is 9.62. The van der Waals surface area contributed by atoms with Crippen LogP contribution in [0.3, 0.4) is 0 Å². The SMILES string of the molecule is C[C@@H]1CCOC(=O)C=CC=CC(=O)O[C@@H]2C[C@H]3O[C@@H]4C=C(C(=O)O)CC[C@]4(COC(=O)[C@H]1O)[C@]2(C)[C@]31CO1. The minimum atomic E-state index is -1.47. The largest absolute Gasteiger partial charge is 0.478 e. The Morgan fingerprint density at radius 3 is 2.45 bits per heavy atom. The molecule has 11 heteroatoms. The van der Waals surface area contributed by atoms with E-state index >= 15 is 0 Å². The molecule has 2 aliphatic carbocycles. The number of carbonyl (C=O) groups is 4. The summed E-state index contributed by atoms with van der Waals surface area (Å²) in [5.74, 6) is -3.72. The normalized spacial score (nSPS) is 43.2. The Labute approximate surface area is 219 Å². The summed E-state index contributed by atoms with van der Waals surface area (Å²) in [7, 11) is 0. The first kappa shape index (κ1) is 26.6. The molecule has 2 bridgehead atoms. The predicted molar refractivity (Wildman–Crippen MR) is 127 cm³/mol. The number of allylic oxidation sites excluding steroid dienone is 2. The fourth-order valence-corrected chi connectivity index (χ4v) is 6.69. The quantitative estimate of drug-likeness (QED) is 0.284. The van der Waals surface area contributed by atoms with Crippen molar-refractivity contribution in [2.45, 2.75) is 69.5 Å². The molecule has 0 radical (unpaired) electrons. The van der Waals surface area contributed by atoms with Crippen molar-refractivity contribution in [3.05, 3.63) is 36.0 Å². The molecule has 2 saturated heterocycles. The molecule has 0 aromatic rings. The van der Waals surface area contributed by atoms with E-state index in [1.54, 1.807) is 13.0 Å². The number of cyclic esters (lactones) is 2. The van der Waals surface area contributed by atoms with Gasteiger partial charge in [-0.3, -0.25) is 0 Å². The van der Waals surface area contributed by atoms with E-state index in [1.807, 2.05) is 6.92 Å². The van der Waals surface area contributed by atoms with Gasteiger partial charge in [-0.2, -0.15) is 0 Å². The van der Waals surface area contributed by atoms with Crippen molar-refractivity contribution in [3.63, 3.8) is 0 Å². The lowest BCUT2D eigenvalue weighted by atomic mass is 9.51. The molecule has 3 aliphatic heterocycles. The van der Waals surface area contributed by atoms with Crippen LogP contribution in [-0.4, -0.2) is 83.9 Å². The zero-order valence-corrected chi connectivity index (χ0v) is 21.3. The summed E-state index contributed by atoms with van der Waals surface area (Å²) >= 11 is 0. The molecule has 206 valence electrons. The number of esters is 3. The summed E-state index contributed by atoms with van der Waals surface area (Å²) in [5, 5.41) is 20.3. The smallest absolute Gasteiger partial charge is 0.335 e. The van der Waals surface area contributed by atoms with Crippen molar-refractivity contribution in [2.75, 3.05) is 19.8 Å². The van der Waals surface area contributed by atoms with Gasteiger partial charge in [0.1, 0.15) is 18.3 Å². The van der Waals surface area contributed by atoms with E-state index in [1.165, 1.54) is 18.2 Å². The summed E-state index contributed by atoms with van der Waals surface area (Å²) in [4.78, 5) is 49.4. The second-order valence-corrected chi connectivity index (χ2v) is 10.9. The van der Waals surface area contributed by atoms with Gasteiger partial charge in [0.15, 0.2) is 6.10 Å². The monoisotopic (exact) mass is 532 g/mol.